The maximum atomic E-state index is 10.5. The van der Waals surface area contributed by atoms with Crippen LogP contribution in [0.2, 0.25) is 0 Å². The summed E-state index contributed by atoms with van der Waals surface area (Å²) in [5.41, 5.74) is 2.89. The van der Waals surface area contributed by atoms with Crippen LogP contribution in [0, 0.1) is 6.92 Å². The second-order valence-electron chi connectivity index (χ2n) is 5.29. The number of hydrogen-bond acceptors (Lipinski definition) is 2. The summed E-state index contributed by atoms with van der Waals surface area (Å²) in [6.45, 7) is 2.01. The fourth-order valence-electron chi connectivity index (χ4n) is 2.19. The minimum atomic E-state index is -0.609. The zero-order chi connectivity index (χ0) is 14.1. The summed E-state index contributed by atoms with van der Waals surface area (Å²) >= 11 is 3.45. The fraction of sp³-hybridized carbons (Fsp3) is 0.294. The third-order valence-electron chi connectivity index (χ3n) is 3.56. The summed E-state index contributed by atoms with van der Waals surface area (Å²) < 4.78 is 6.70. The molecule has 1 aliphatic carbocycles. The second-order valence-corrected chi connectivity index (χ2v) is 6.21. The normalized spacial score (nSPS) is 15.9. The Hall–Kier alpha value is -1.32. The first-order valence-corrected chi connectivity index (χ1v) is 7.63. The molecular weight excluding hydrogens is 316 g/mol. The Morgan fingerprint density at radius 2 is 1.85 bits per heavy atom. The topological polar surface area (TPSA) is 29.5 Å². The Bertz CT molecular complexity index is 603. The predicted molar refractivity (Wildman–Crippen MR) is 83.0 cm³/mol. The van der Waals surface area contributed by atoms with E-state index in [9.17, 15) is 5.11 Å². The molecule has 0 saturated heterocycles. The Balaban J connectivity index is 1.81. The van der Waals surface area contributed by atoms with Crippen molar-refractivity contribution in [3.63, 3.8) is 0 Å². The summed E-state index contributed by atoms with van der Waals surface area (Å²) in [4.78, 5) is 0. The fourth-order valence-corrected chi connectivity index (χ4v) is 2.57. The first-order valence-electron chi connectivity index (χ1n) is 6.84. The number of aryl methyl sites for hydroxylation is 1. The molecule has 0 spiro atoms. The smallest absolute Gasteiger partial charge is 0.119 e. The van der Waals surface area contributed by atoms with E-state index in [4.69, 9.17) is 4.74 Å². The summed E-state index contributed by atoms with van der Waals surface area (Å²) in [5, 5.41) is 10.5. The summed E-state index contributed by atoms with van der Waals surface area (Å²) in [7, 11) is 0. The minimum absolute atomic E-state index is 0.401. The highest BCUT2D eigenvalue weighted by Crippen LogP contribution is 2.30. The number of ether oxygens (including phenoxy) is 1. The van der Waals surface area contributed by atoms with E-state index in [0.717, 1.165) is 39.8 Å². The van der Waals surface area contributed by atoms with Gasteiger partial charge in [0.2, 0.25) is 0 Å². The van der Waals surface area contributed by atoms with Crippen molar-refractivity contribution in [3.05, 3.63) is 63.6 Å². The Morgan fingerprint density at radius 1 is 1.15 bits per heavy atom. The zero-order valence-corrected chi connectivity index (χ0v) is 12.9. The average Bonchev–Trinajstić information content (AvgIpc) is 3.26. The minimum Gasteiger partial charge on any atom is -0.490 e. The molecule has 1 N–H and O–H groups in total. The molecule has 0 heterocycles. The highest BCUT2D eigenvalue weighted by molar-refractivity contribution is 9.10. The van der Waals surface area contributed by atoms with Crippen LogP contribution in [0.25, 0.3) is 0 Å². The lowest BCUT2D eigenvalue weighted by atomic mass is 9.97. The van der Waals surface area contributed by atoms with E-state index >= 15 is 0 Å². The highest BCUT2D eigenvalue weighted by Gasteiger charge is 2.23. The lowest BCUT2D eigenvalue weighted by molar-refractivity contribution is 0.219. The van der Waals surface area contributed by atoms with Crippen molar-refractivity contribution in [2.24, 2.45) is 0 Å². The Kier molecular flexibility index (Phi) is 3.81. The molecule has 0 aliphatic heterocycles. The first kappa shape index (κ1) is 13.7. The largest absolute Gasteiger partial charge is 0.490 e. The molecule has 20 heavy (non-hydrogen) atoms. The van der Waals surface area contributed by atoms with Crippen molar-refractivity contribution in [2.75, 3.05) is 0 Å². The van der Waals surface area contributed by atoms with Crippen LogP contribution in [-0.2, 0) is 0 Å². The SMILES string of the molecule is Cc1ccc(Br)cc1C(O)c1ccc(OC2CC2)cc1. The van der Waals surface area contributed by atoms with Gasteiger partial charge in [-0.15, -0.1) is 0 Å². The Labute approximate surface area is 127 Å². The van der Waals surface area contributed by atoms with E-state index in [2.05, 4.69) is 15.9 Å². The van der Waals surface area contributed by atoms with Gasteiger partial charge in [-0.25, -0.2) is 0 Å². The van der Waals surface area contributed by atoms with Crippen LogP contribution in [0.4, 0.5) is 0 Å². The molecule has 2 aromatic rings. The van der Waals surface area contributed by atoms with E-state index < -0.39 is 6.10 Å². The third kappa shape index (κ3) is 3.05. The van der Waals surface area contributed by atoms with Crippen LogP contribution in [-0.4, -0.2) is 11.2 Å². The van der Waals surface area contributed by atoms with E-state index in [1.54, 1.807) is 0 Å². The van der Waals surface area contributed by atoms with Gasteiger partial charge in [0, 0.05) is 4.47 Å². The monoisotopic (exact) mass is 332 g/mol. The molecule has 104 valence electrons. The van der Waals surface area contributed by atoms with E-state index in [1.807, 2.05) is 49.4 Å². The van der Waals surface area contributed by atoms with E-state index in [1.165, 1.54) is 0 Å². The molecule has 1 unspecified atom stereocenters. The van der Waals surface area contributed by atoms with Gasteiger partial charge in [0.15, 0.2) is 0 Å². The van der Waals surface area contributed by atoms with E-state index in [0.29, 0.717) is 6.10 Å². The number of rotatable bonds is 4. The summed E-state index contributed by atoms with van der Waals surface area (Å²) in [6, 6.07) is 13.7. The van der Waals surface area contributed by atoms with Gasteiger partial charge in [-0.1, -0.05) is 34.1 Å². The molecule has 1 fully saturated rings. The third-order valence-corrected chi connectivity index (χ3v) is 4.05. The first-order chi connectivity index (χ1) is 9.63. The molecule has 0 bridgehead atoms. The molecule has 0 amide bonds. The molecule has 1 saturated carbocycles. The van der Waals surface area contributed by atoms with Crippen molar-refractivity contribution < 1.29 is 9.84 Å². The van der Waals surface area contributed by atoms with Crippen LogP contribution >= 0.6 is 15.9 Å². The molecule has 2 aromatic carbocycles. The van der Waals surface area contributed by atoms with Crippen molar-refractivity contribution in [1.29, 1.82) is 0 Å². The molecule has 3 rings (SSSR count). The van der Waals surface area contributed by atoms with Gasteiger partial charge in [-0.3, -0.25) is 0 Å². The van der Waals surface area contributed by atoms with Gasteiger partial charge in [-0.2, -0.15) is 0 Å². The quantitative estimate of drug-likeness (QED) is 0.900. The zero-order valence-electron chi connectivity index (χ0n) is 11.3. The van der Waals surface area contributed by atoms with Crippen molar-refractivity contribution in [3.8, 4) is 5.75 Å². The molecule has 1 atom stereocenters. The van der Waals surface area contributed by atoms with Crippen LogP contribution in [0.15, 0.2) is 46.9 Å². The molecule has 2 nitrogen and oxygen atoms in total. The van der Waals surface area contributed by atoms with Crippen molar-refractivity contribution in [1.82, 2.24) is 0 Å². The number of hydrogen-bond donors (Lipinski definition) is 1. The number of aliphatic hydroxyl groups is 1. The van der Waals surface area contributed by atoms with Gasteiger partial charge in [0.1, 0.15) is 11.9 Å². The lowest BCUT2D eigenvalue weighted by Gasteiger charge is -2.15. The van der Waals surface area contributed by atoms with E-state index in [-0.39, 0.29) is 0 Å². The average molecular weight is 333 g/mol. The maximum Gasteiger partial charge on any atom is 0.119 e. The summed E-state index contributed by atoms with van der Waals surface area (Å²) in [5.74, 6) is 0.884. The summed E-state index contributed by atoms with van der Waals surface area (Å²) in [6.07, 6.45) is 2.10. The maximum absolute atomic E-state index is 10.5. The molecule has 3 heteroatoms. The van der Waals surface area contributed by atoms with Gasteiger partial charge in [0.25, 0.3) is 0 Å². The standard InChI is InChI=1S/C17H17BrO2/c1-11-2-5-13(18)10-16(11)17(19)12-3-6-14(7-4-12)20-15-8-9-15/h2-7,10,15,17,19H,8-9H2,1H3. The van der Waals surface area contributed by atoms with Gasteiger partial charge in [-0.05, 0) is 60.7 Å². The lowest BCUT2D eigenvalue weighted by Crippen LogP contribution is -2.02. The number of benzene rings is 2. The molecule has 0 aromatic heterocycles. The second kappa shape index (κ2) is 5.58. The van der Waals surface area contributed by atoms with Crippen LogP contribution in [0.5, 0.6) is 5.75 Å². The molecule has 0 radical (unpaired) electrons. The molecular formula is C17H17BrO2. The number of aliphatic hydroxyl groups excluding tert-OH is 1. The number of halogens is 1. The van der Waals surface area contributed by atoms with Crippen LogP contribution < -0.4 is 4.74 Å². The van der Waals surface area contributed by atoms with Gasteiger partial charge < -0.3 is 9.84 Å². The highest BCUT2D eigenvalue weighted by atomic mass is 79.9. The van der Waals surface area contributed by atoms with Crippen molar-refractivity contribution in [2.45, 2.75) is 32.0 Å². The molecule has 1 aliphatic rings. The van der Waals surface area contributed by atoms with Gasteiger partial charge >= 0.3 is 0 Å². The van der Waals surface area contributed by atoms with Crippen LogP contribution in [0.3, 0.4) is 0 Å². The Morgan fingerprint density at radius 3 is 2.50 bits per heavy atom. The van der Waals surface area contributed by atoms with Crippen molar-refractivity contribution >= 4 is 15.9 Å². The van der Waals surface area contributed by atoms with Gasteiger partial charge in [0.05, 0.1) is 6.10 Å². The predicted octanol–water partition coefficient (Wildman–Crippen LogP) is 4.38. The van der Waals surface area contributed by atoms with Crippen LogP contribution in [0.1, 0.15) is 35.6 Å².